The number of urea groups is 1. The molecular weight excluding hydrogens is 318 g/mol. The van der Waals surface area contributed by atoms with Gasteiger partial charge in [-0.15, -0.1) is 0 Å². The fourth-order valence-electron chi connectivity index (χ4n) is 3.39. The smallest absolute Gasteiger partial charge is 0.340 e. The van der Waals surface area contributed by atoms with Gasteiger partial charge in [-0.1, -0.05) is 19.1 Å². The van der Waals surface area contributed by atoms with Crippen LogP contribution in [-0.2, 0) is 17.6 Å². The minimum absolute atomic E-state index is 0.143. The van der Waals surface area contributed by atoms with Crippen LogP contribution in [0.3, 0.4) is 0 Å². The van der Waals surface area contributed by atoms with E-state index in [-0.39, 0.29) is 25.2 Å². The van der Waals surface area contributed by atoms with Crippen LogP contribution in [0.4, 0.5) is 4.79 Å². The Balaban J connectivity index is 1.69. The molecule has 1 aliphatic rings. The van der Waals surface area contributed by atoms with Crippen LogP contribution < -0.4 is 10.6 Å². The molecule has 3 N–H and O–H groups in total. The highest BCUT2D eigenvalue weighted by molar-refractivity contribution is 6.04. The lowest BCUT2D eigenvalue weighted by atomic mass is 9.87. The van der Waals surface area contributed by atoms with Crippen LogP contribution in [0.25, 0.3) is 10.9 Å². The van der Waals surface area contributed by atoms with Crippen molar-refractivity contribution in [1.82, 2.24) is 15.6 Å². The first-order valence-corrected chi connectivity index (χ1v) is 8.91. The second-order valence-electron chi connectivity index (χ2n) is 6.58. The van der Waals surface area contributed by atoms with Crippen molar-refractivity contribution in [3.63, 3.8) is 0 Å². The number of aromatic nitrogens is 1. The molecule has 0 aliphatic heterocycles. The maximum absolute atomic E-state index is 12.4. The van der Waals surface area contributed by atoms with E-state index in [0.29, 0.717) is 18.0 Å². The molecule has 1 atom stereocenters. The van der Waals surface area contributed by atoms with E-state index < -0.39 is 0 Å². The minimum Gasteiger partial charge on any atom is -0.460 e. The van der Waals surface area contributed by atoms with E-state index in [0.717, 1.165) is 23.7 Å². The van der Waals surface area contributed by atoms with E-state index >= 15 is 0 Å². The van der Waals surface area contributed by atoms with E-state index in [4.69, 9.17) is 4.74 Å². The van der Waals surface area contributed by atoms with Gasteiger partial charge in [0.05, 0.1) is 17.6 Å². The molecule has 6 heteroatoms. The van der Waals surface area contributed by atoms with E-state index in [2.05, 4.69) is 28.6 Å². The first-order chi connectivity index (χ1) is 12.1. The molecule has 6 nitrogen and oxygen atoms in total. The molecule has 0 saturated heterocycles. The van der Waals surface area contributed by atoms with E-state index in [1.807, 2.05) is 13.0 Å². The van der Waals surface area contributed by atoms with Gasteiger partial charge in [-0.05, 0) is 43.7 Å². The van der Waals surface area contributed by atoms with Gasteiger partial charge in [0.15, 0.2) is 0 Å². The molecule has 1 unspecified atom stereocenters. The number of amides is 2. The average molecular weight is 343 g/mol. The zero-order valence-corrected chi connectivity index (χ0v) is 14.8. The second-order valence-corrected chi connectivity index (χ2v) is 6.58. The Morgan fingerprint density at radius 1 is 1.32 bits per heavy atom. The minimum atomic E-state index is -0.366. The van der Waals surface area contributed by atoms with Crippen LogP contribution >= 0.6 is 0 Å². The van der Waals surface area contributed by atoms with Crippen LogP contribution in [0.1, 0.15) is 41.9 Å². The number of benzene rings is 1. The zero-order chi connectivity index (χ0) is 17.8. The third kappa shape index (κ3) is 3.78. The summed E-state index contributed by atoms with van der Waals surface area (Å²) in [5.74, 6) is 0.303. The van der Waals surface area contributed by atoms with Gasteiger partial charge < -0.3 is 20.4 Å². The average Bonchev–Trinajstić information content (AvgIpc) is 2.96. The predicted molar refractivity (Wildman–Crippen MR) is 96.8 cm³/mol. The Morgan fingerprint density at radius 3 is 2.96 bits per heavy atom. The number of carbonyl (C=O) groups excluding carboxylic acids is 2. The molecule has 0 bridgehead atoms. The molecule has 0 spiro atoms. The second kappa shape index (κ2) is 7.59. The van der Waals surface area contributed by atoms with Crippen LogP contribution in [0, 0.1) is 5.92 Å². The number of H-pyrrole nitrogens is 1. The molecule has 25 heavy (non-hydrogen) atoms. The summed E-state index contributed by atoms with van der Waals surface area (Å²) >= 11 is 0. The number of aryl methyl sites for hydroxylation is 1. The third-order valence-electron chi connectivity index (χ3n) is 4.65. The number of esters is 1. The number of carbonyl (C=O) groups is 2. The molecule has 0 fully saturated rings. The molecule has 134 valence electrons. The Morgan fingerprint density at radius 2 is 2.16 bits per heavy atom. The SMILES string of the molecule is CCNC(=O)NCCOC(=O)c1cccc2c3c([nH]c12)CCC(C)C3. The molecule has 1 aromatic heterocycles. The van der Waals surface area contributed by atoms with Crippen molar-refractivity contribution in [3.05, 3.63) is 35.0 Å². The predicted octanol–water partition coefficient (Wildman–Crippen LogP) is 2.77. The quantitative estimate of drug-likeness (QED) is 0.577. The highest BCUT2D eigenvalue weighted by Gasteiger charge is 2.22. The maximum atomic E-state index is 12.4. The summed E-state index contributed by atoms with van der Waals surface area (Å²) in [5, 5.41) is 6.38. The fraction of sp³-hybridized carbons (Fsp3) is 0.474. The molecule has 1 aromatic carbocycles. The molecular formula is C19H25N3O3. The number of hydrogen-bond acceptors (Lipinski definition) is 3. The first kappa shape index (κ1) is 17.3. The summed E-state index contributed by atoms with van der Waals surface area (Å²) in [4.78, 5) is 27.2. The van der Waals surface area contributed by atoms with Gasteiger partial charge in [0, 0.05) is 17.6 Å². The maximum Gasteiger partial charge on any atom is 0.340 e. The molecule has 1 aliphatic carbocycles. The Kier molecular flexibility index (Phi) is 5.26. The van der Waals surface area contributed by atoms with E-state index in [1.54, 1.807) is 6.07 Å². The molecule has 2 aromatic rings. The number of fused-ring (bicyclic) bond motifs is 3. The van der Waals surface area contributed by atoms with Crippen molar-refractivity contribution >= 4 is 22.9 Å². The molecule has 2 amide bonds. The summed E-state index contributed by atoms with van der Waals surface area (Å²) in [6.07, 6.45) is 3.24. The zero-order valence-electron chi connectivity index (χ0n) is 14.8. The van der Waals surface area contributed by atoms with E-state index in [1.165, 1.54) is 17.7 Å². The lowest BCUT2D eigenvalue weighted by Gasteiger charge is -2.17. The largest absolute Gasteiger partial charge is 0.460 e. The summed E-state index contributed by atoms with van der Waals surface area (Å²) in [7, 11) is 0. The Hall–Kier alpha value is -2.50. The topological polar surface area (TPSA) is 83.2 Å². The van der Waals surface area contributed by atoms with Gasteiger partial charge in [-0.3, -0.25) is 0 Å². The highest BCUT2D eigenvalue weighted by atomic mass is 16.5. The van der Waals surface area contributed by atoms with Gasteiger partial charge in [-0.2, -0.15) is 0 Å². The van der Waals surface area contributed by atoms with Gasteiger partial charge >= 0.3 is 12.0 Å². The summed E-state index contributed by atoms with van der Waals surface area (Å²) in [6, 6.07) is 5.50. The normalized spacial score (nSPS) is 16.3. The Bertz CT molecular complexity index is 782. The number of ether oxygens (including phenoxy) is 1. The molecule has 3 rings (SSSR count). The number of aromatic amines is 1. The number of hydrogen-bond donors (Lipinski definition) is 3. The number of nitrogens with one attached hydrogen (secondary N) is 3. The fourth-order valence-corrected chi connectivity index (χ4v) is 3.39. The monoisotopic (exact) mass is 343 g/mol. The standard InChI is InChI=1S/C19H25N3O3/c1-3-20-19(24)21-9-10-25-18(23)14-6-4-5-13-15-11-12(2)7-8-16(15)22-17(13)14/h4-6,12,22H,3,7-11H2,1-2H3,(H2,20,21,24). The van der Waals surface area contributed by atoms with Crippen molar-refractivity contribution in [2.24, 2.45) is 5.92 Å². The summed E-state index contributed by atoms with van der Waals surface area (Å²) in [5.41, 5.74) is 3.99. The number of para-hydroxylation sites is 1. The van der Waals surface area contributed by atoms with Crippen LogP contribution in [0.5, 0.6) is 0 Å². The van der Waals surface area contributed by atoms with Crippen LogP contribution in [0.15, 0.2) is 18.2 Å². The van der Waals surface area contributed by atoms with Crippen molar-refractivity contribution in [1.29, 1.82) is 0 Å². The van der Waals surface area contributed by atoms with Crippen molar-refractivity contribution in [2.45, 2.75) is 33.1 Å². The van der Waals surface area contributed by atoms with Gasteiger partial charge in [-0.25, -0.2) is 9.59 Å². The lowest BCUT2D eigenvalue weighted by Crippen LogP contribution is -2.37. The van der Waals surface area contributed by atoms with Crippen molar-refractivity contribution in [2.75, 3.05) is 19.7 Å². The van der Waals surface area contributed by atoms with Crippen molar-refractivity contribution < 1.29 is 14.3 Å². The lowest BCUT2D eigenvalue weighted by molar-refractivity contribution is 0.0512. The van der Waals surface area contributed by atoms with Gasteiger partial charge in [0.25, 0.3) is 0 Å². The first-order valence-electron chi connectivity index (χ1n) is 8.91. The van der Waals surface area contributed by atoms with Crippen LogP contribution in [0.2, 0.25) is 0 Å². The van der Waals surface area contributed by atoms with E-state index in [9.17, 15) is 9.59 Å². The molecule has 0 saturated carbocycles. The third-order valence-corrected chi connectivity index (χ3v) is 4.65. The molecule has 0 radical (unpaired) electrons. The summed E-state index contributed by atoms with van der Waals surface area (Å²) in [6.45, 7) is 5.10. The highest BCUT2D eigenvalue weighted by Crippen LogP contribution is 2.33. The number of rotatable bonds is 5. The van der Waals surface area contributed by atoms with Crippen LogP contribution in [-0.4, -0.2) is 36.7 Å². The Labute approximate surface area is 147 Å². The summed E-state index contributed by atoms with van der Waals surface area (Å²) < 4.78 is 5.32. The molecule has 1 heterocycles. The van der Waals surface area contributed by atoms with Crippen molar-refractivity contribution in [3.8, 4) is 0 Å². The van der Waals surface area contributed by atoms with Gasteiger partial charge in [0.2, 0.25) is 0 Å². The van der Waals surface area contributed by atoms with Gasteiger partial charge in [0.1, 0.15) is 6.61 Å².